The number of nitrogens with two attached hydrogens (primary N) is 1. The van der Waals surface area contributed by atoms with Crippen molar-refractivity contribution in [3.05, 3.63) is 0 Å². The molecule has 0 aliphatic rings. The predicted molar refractivity (Wildman–Crippen MR) is 64.4 cm³/mol. The maximum absolute atomic E-state index is 6.06. The van der Waals surface area contributed by atoms with Gasteiger partial charge in [-0.25, -0.2) is 0 Å². The molecule has 0 saturated heterocycles. The highest BCUT2D eigenvalue weighted by atomic mass is 15.2. The summed E-state index contributed by atoms with van der Waals surface area (Å²) in [5, 5.41) is 0. The van der Waals surface area contributed by atoms with Gasteiger partial charge in [0.05, 0.1) is 0 Å². The summed E-state index contributed by atoms with van der Waals surface area (Å²) in [7, 11) is 2.18. The summed E-state index contributed by atoms with van der Waals surface area (Å²) >= 11 is 0. The monoisotopic (exact) mass is 200 g/mol. The third-order valence-electron chi connectivity index (χ3n) is 2.51. The Morgan fingerprint density at radius 2 is 1.57 bits per heavy atom. The molecule has 2 atom stereocenters. The average Bonchev–Trinajstić information content (AvgIpc) is 1.78. The minimum absolute atomic E-state index is 0.221. The molecule has 0 rings (SSSR count). The third kappa shape index (κ3) is 4.43. The number of rotatable bonds is 4. The standard InChI is InChI=1S/C12H28N2/c1-9(2)8-14(7)11(10(3)13)12(4,5)6/h9-11H,8,13H2,1-7H3. The van der Waals surface area contributed by atoms with E-state index in [1.165, 1.54) is 0 Å². The van der Waals surface area contributed by atoms with Crippen molar-refractivity contribution in [3.63, 3.8) is 0 Å². The SMILES string of the molecule is CC(C)CN(C)C(C(C)N)C(C)(C)C. The van der Waals surface area contributed by atoms with Gasteiger partial charge in [0.25, 0.3) is 0 Å². The molecule has 2 nitrogen and oxygen atoms in total. The van der Waals surface area contributed by atoms with Crippen molar-refractivity contribution in [2.75, 3.05) is 13.6 Å². The van der Waals surface area contributed by atoms with E-state index in [-0.39, 0.29) is 11.5 Å². The van der Waals surface area contributed by atoms with Crippen LogP contribution in [0, 0.1) is 11.3 Å². The molecule has 0 radical (unpaired) electrons. The molecule has 0 saturated carbocycles. The molecule has 2 heteroatoms. The molecule has 2 N–H and O–H groups in total. The first-order chi connectivity index (χ1) is 6.16. The average molecular weight is 200 g/mol. The van der Waals surface area contributed by atoms with Crippen LogP contribution in [0.4, 0.5) is 0 Å². The van der Waals surface area contributed by atoms with Crippen LogP contribution in [-0.2, 0) is 0 Å². The summed E-state index contributed by atoms with van der Waals surface area (Å²) in [6.45, 7) is 14.5. The van der Waals surface area contributed by atoms with Crippen molar-refractivity contribution in [1.29, 1.82) is 0 Å². The highest BCUT2D eigenvalue weighted by Crippen LogP contribution is 2.25. The number of likely N-dealkylation sites (N-methyl/N-ethyl adjacent to an activating group) is 1. The Morgan fingerprint density at radius 1 is 1.14 bits per heavy atom. The Morgan fingerprint density at radius 3 is 1.79 bits per heavy atom. The van der Waals surface area contributed by atoms with Gasteiger partial charge in [0.2, 0.25) is 0 Å². The Bertz CT molecular complexity index is 156. The van der Waals surface area contributed by atoms with Gasteiger partial charge in [0, 0.05) is 18.6 Å². The maximum atomic E-state index is 6.06. The molecular formula is C12H28N2. The van der Waals surface area contributed by atoms with E-state index >= 15 is 0 Å². The highest BCUT2D eigenvalue weighted by molar-refractivity contribution is 4.88. The molecule has 0 aliphatic carbocycles. The summed E-state index contributed by atoms with van der Waals surface area (Å²) < 4.78 is 0. The van der Waals surface area contributed by atoms with Gasteiger partial charge in [-0.2, -0.15) is 0 Å². The Kier molecular flexibility index (Phi) is 5.10. The zero-order valence-electron chi connectivity index (χ0n) is 11.0. The summed E-state index contributed by atoms with van der Waals surface area (Å²) in [5.41, 5.74) is 6.31. The summed E-state index contributed by atoms with van der Waals surface area (Å²) in [6.07, 6.45) is 0. The molecule has 0 heterocycles. The normalized spacial score (nSPS) is 17.6. The molecule has 0 aromatic carbocycles. The van der Waals surface area contributed by atoms with E-state index in [1.54, 1.807) is 0 Å². The van der Waals surface area contributed by atoms with Gasteiger partial charge in [-0.1, -0.05) is 34.6 Å². The van der Waals surface area contributed by atoms with Gasteiger partial charge in [-0.15, -0.1) is 0 Å². The molecule has 2 unspecified atom stereocenters. The molecule has 0 bridgehead atoms. The number of nitrogens with zero attached hydrogens (tertiary/aromatic N) is 1. The summed E-state index contributed by atoms with van der Waals surface area (Å²) in [6, 6.07) is 0.670. The zero-order chi connectivity index (χ0) is 11.5. The Hall–Kier alpha value is -0.0800. The third-order valence-corrected chi connectivity index (χ3v) is 2.51. The van der Waals surface area contributed by atoms with Crippen LogP contribution < -0.4 is 5.73 Å². The second kappa shape index (κ2) is 5.13. The smallest absolute Gasteiger partial charge is 0.0289 e. The van der Waals surface area contributed by atoms with Gasteiger partial charge in [0.15, 0.2) is 0 Å². The largest absolute Gasteiger partial charge is 0.327 e. The van der Waals surface area contributed by atoms with Crippen LogP contribution in [0.25, 0.3) is 0 Å². The number of hydrogen-bond donors (Lipinski definition) is 1. The van der Waals surface area contributed by atoms with Crippen LogP contribution in [0.3, 0.4) is 0 Å². The van der Waals surface area contributed by atoms with Crippen LogP contribution in [0.1, 0.15) is 41.5 Å². The molecule has 0 fully saturated rings. The van der Waals surface area contributed by atoms with Crippen LogP contribution in [0.5, 0.6) is 0 Å². The molecule has 0 amide bonds. The van der Waals surface area contributed by atoms with Gasteiger partial charge in [-0.3, -0.25) is 0 Å². The first kappa shape index (κ1) is 13.9. The van der Waals surface area contributed by atoms with Crippen molar-refractivity contribution >= 4 is 0 Å². The van der Waals surface area contributed by atoms with Crippen LogP contribution in [0.15, 0.2) is 0 Å². The van der Waals surface area contributed by atoms with E-state index in [0.717, 1.165) is 6.54 Å². The van der Waals surface area contributed by atoms with Crippen molar-refractivity contribution in [3.8, 4) is 0 Å². The van der Waals surface area contributed by atoms with E-state index in [0.29, 0.717) is 12.0 Å². The van der Waals surface area contributed by atoms with E-state index < -0.39 is 0 Å². The van der Waals surface area contributed by atoms with Crippen LogP contribution >= 0.6 is 0 Å². The molecule has 86 valence electrons. The minimum atomic E-state index is 0.221. The first-order valence-electron chi connectivity index (χ1n) is 5.62. The van der Waals surface area contributed by atoms with Gasteiger partial charge in [-0.05, 0) is 25.3 Å². The fourth-order valence-electron chi connectivity index (χ4n) is 2.54. The Balaban J connectivity index is 4.50. The van der Waals surface area contributed by atoms with Gasteiger partial charge < -0.3 is 10.6 Å². The van der Waals surface area contributed by atoms with Gasteiger partial charge in [0.1, 0.15) is 0 Å². The minimum Gasteiger partial charge on any atom is -0.327 e. The fourth-order valence-corrected chi connectivity index (χ4v) is 2.54. The molecule has 0 aromatic heterocycles. The second-order valence-corrected chi connectivity index (χ2v) is 6.00. The summed E-state index contributed by atoms with van der Waals surface area (Å²) in [4.78, 5) is 2.40. The topological polar surface area (TPSA) is 29.3 Å². The lowest BCUT2D eigenvalue weighted by molar-refractivity contribution is 0.0960. The van der Waals surface area contributed by atoms with Crippen molar-refractivity contribution in [1.82, 2.24) is 4.90 Å². The molecule has 0 aromatic rings. The zero-order valence-corrected chi connectivity index (χ0v) is 11.0. The van der Waals surface area contributed by atoms with Gasteiger partial charge >= 0.3 is 0 Å². The van der Waals surface area contributed by atoms with E-state index in [9.17, 15) is 0 Å². The fraction of sp³-hybridized carbons (Fsp3) is 1.00. The van der Waals surface area contributed by atoms with Crippen molar-refractivity contribution in [2.24, 2.45) is 17.1 Å². The Labute approximate surface area is 89.9 Å². The summed E-state index contributed by atoms with van der Waals surface area (Å²) in [5.74, 6) is 0.698. The maximum Gasteiger partial charge on any atom is 0.0289 e. The molecule has 0 aliphatic heterocycles. The van der Waals surface area contributed by atoms with Crippen molar-refractivity contribution in [2.45, 2.75) is 53.6 Å². The van der Waals surface area contributed by atoms with E-state index in [1.807, 2.05) is 0 Å². The molecule has 14 heavy (non-hydrogen) atoms. The lowest BCUT2D eigenvalue weighted by Gasteiger charge is -2.41. The van der Waals surface area contributed by atoms with Crippen molar-refractivity contribution < 1.29 is 0 Å². The predicted octanol–water partition coefficient (Wildman–Crippen LogP) is 2.34. The molecular weight excluding hydrogens is 172 g/mol. The lowest BCUT2D eigenvalue weighted by atomic mass is 9.82. The highest BCUT2D eigenvalue weighted by Gasteiger charge is 2.31. The number of hydrogen-bond acceptors (Lipinski definition) is 2. The van der Waals surface area contributed by atoms with E-state index in [2.05, 4.69) is 53.5 Å². The lowest BCUT2D eigenvalue weighted by Crippen LogP contribution is -2.52. The van der Waals surface area contributed by atoms with Crippen LogP contribution in [-0.4, -0.2) is 30.6 Å². The quantitative estimate of drug-likeness (QED) is 0.755. The second-order valence-electron chi connectivity index (χ2n) is 6.00. The molecule has 0 spiro atoms. The van der Waals surface area contributed by atoms with E-state index in [4.69, 9.17) is 5.73 Å². The first-order valence-corrected chi connectivity index (χ1v) is 5.62. The van der Waals surface area contributed by atoms with Crippen LogP contribution in [0.2, 0.25) is 0 Å².